The van der Waals surface area contributed by atoms with Crippen LogP contribution in [0.5, 0.6) is 0 Å². The minimum Gasteiger partial charge on any atom is -0.456 e. The van der Waals surface area contributed by atoms with Crippen LogP contribution >= 0.6 is 0 Å². The smallest absolute Gasteiger partial charge is 0.160 e. The number of imidazole rings is 1. The molecule has 4 heteroatoms. The quantitative estimate of drug-likeness (QED) is 0.215. The molecule has 0 amide bonds. The number of pyridine rings is 1. The Balaban J connectivity index is 1.24. The van der Waals surface area contributed by atoms with Crippen LogP contribution in [0.4, 0.5) is 0 Å². The van der Waals surface area contributed by atoms with Crippen LogP contribution in [0.3, 0.4) is 0 Å². The summed E-state index contributed by atoms with van der Waals surface area (Å²) in [6.45, 7) is 0. The van der Waals surface area contributed by atoms with Crippen molar-refractivity contribution in [2.75, 3.05) is 0 Å². The summed E-state index contributed by atoms with van der Waals surface area (Å²) in [7, 11) is 0. The number of nitrogens with zero attached hydrogens (tertiary/aromatic N) is 2. The Morgan fingerprint density at radius 1 is 0.442 bits per heavy atom. The van der Waals surface area contributed by atoms with Crippen molar-refractivity contribution in [1.82, 2.24) is 9.38 Å². The van der Waals surface area contributed by atoms with Gasteiger partial charge in [-0.15, -0.1) is 0 Å². The second kappa shape index (κ2) is 8.34. The molecule has 0 saturated carbocycles. The van der Waals surface area contributed by atoms with E-state index in [1.54, 1.807) is 0 Å². The van der Waals surface area contributed by atoms with Gasteiger partial charge in [0.25, 0.3) is 0 Å². The molecule has 0 spiro atoms. The average Bonchev–Trinajstić information content (AvgIpc) is 3.75. The van der Waals surface area contributed by atoms with Crippen molar-refractivity contribution in [2.24, 2.45) is 0 Å². The zero-order chi connectivity index (χ0) is 28.1. The highest BCUT2D eigenvalue weighted by Crippen LogP contribution is 2.40. The maximum atomic E-state index is 6.59. The van der Waals surface area contributed by atoms with E-state index in [1.165, 1.54) is 11.1 Å². The van der Waals surface area contributed by atoms with Gasteiger partial charge in [0.2, 0.25) is 0 Å². The molecule has 0 unspecified atom stereocenters. The van der Waals surface area contributed by atoms with Gasteiger partial charge in [-0.05, 0) is 70.8 Å². The van der Waals surface area contributed by atoms with Crippen molar-refractivity contribution in [2.45, 2.75) is 0 Å². The summed E-state index contributed by atoms with van der Waals surface area (Å²) in [5.41, 5.74) is 12.2. The molecule has 200 valence electrons. The van der Waals surface area contributed by atoms with E-state index in [4.69, 9.17) is 13.8 Å². The first-order chi connectivity index (χ1) is 21.3. The molecule has 6 aromatic carbocycles. The molecule has 4 aromatic heterocycles. The highest BCUT2D eigenvalue weighted by atomic mass is 16.3. The third-order valence-electron chi connectivity index (χ3n) is 8.77. The van der Waals surface area contributed by atoms with Crippen molar-refractivity contribution < 1.29 is 8.83 Å². The molecule has 10 rings (SSSR count). The van der Waals surface area contributed by atoms with Gasteiger partial charge < -0.3 is 8.83 Å². The van der Waals surface area contributed by atoms with E-state index in [0.29, 0.717) is 0 Å². The second-order valence-electron chi connectivity index (χ2n) is 11.2. The first-order valence-electron chi connectivity index (χ1n) is 14.5. The van der Waals surface area contributed by atoms with Crippen molar-refractivity contribution >= 4 is 71.5 Å². The lowest BCUT2D eigenvalue weighted by atomic mass is 9.99. The number of fused-ring (bicyclic) bond motifs is 13. The Morgan fingerprint density at radius 3 is 1.77 bits per heavy atom. The van der Waals surface area contributed by atoms with Crippen LogP contribution in [0.1, 0.15) is 0 Å². The molecule has 0 aliphatic rings. The van der Waals surface area contributed by atoms with Crippen LogP contribution in [-0.2, 0) is 0 Å². The van der Waals surface area contributed by atoms with Gasteiger partial charge in [0, 0.05) is 26.9 Å². The van der Waals surface area contributed by atoms with Gasteiger partial charge in [-0.2, -0.15) is 0 Å². The third-order valence-corrected chi connectivity index (χ3v) is 8.77. The van der Waals surface area contributed by atoms with E-state index in [-0.39, 0.29) is 0 Å². The Morgan fingerprint density at radius 2 is 1.02 bits per heavy atom. The first-order valence-corrected chi connectivity index (χ1v) is 14.5. The minimum atomic E-state index is 0.858. The van der Waals surface area contributed by atoms with Gasteiger partial charge in [0.05, 0.1) is 11.0 Å². The number of rotatable bonds is 2. The molecular formula is C39H22N2O2. The van der Waals surface area contributed by atoms with Crippen LogP contribution in [0.15, 0.2) is 142 Å². The van der Waals surface area contributed by atoms with Gasteiger partial charge in [0.15, 0.2) is 5.58 Å². The highest BCUT2D eigenvalue weighted by molar-refractivity contribution is 6.19. The summed E-state index contributed by atoms with van der Waals surface area (Å²) >= 11 is 0. The van der Waals surface area contributed by atoms with E-state index in [9.17, 15) is 0 Å². The summed E-state index contributed by atoms with van der Waals surface area (Å²) in [6, 6.07) is 46.6. The summed E-state index contributed by atoms with van der Waals surface area (Å²) in [5.74, 6) is 0. The van der Waals surface area contributed by atoms with Gasteiger partial charge >= 0.3 is 0 Å². The minimum absolute atomic E-state index is 0.858. The lowest BCUT2D eigenvalue weighted by Crippen LogP contribution is -1.89. The summed E-state index contributed by atoms with van der Waals surface area (Å²) in [5, 5.41) is 5.44. The van der Waals surface area contributed by atoms with Gasteiger partial charge in [0.1, 0.15) is 27.9 Å². The van der Waals surface area contributed by atoms with E-state index < -0.39 is 0 Å². The maximum Gasteiger partial charge on any atom is 0.160 e. The standard InChI is InChI=1S/C39H22N2O2/c1-2-8-23(9-3-1)24-14-17-34-29(20-24)30-21-25(15-18-35(30)42-34)26-16-19-36-31(22-26)37-38(43-36)27-10-4-5-11-28(27)39-40-32-12-6-7-13-33(32)41(37)39/h1-22H. The summed E-state index contributed by atoms with van der Waals surface area (Å²) in [4.78, 5) is 5.06. The predicted molar refractivity (Wildman–Crippen MR) is 176 cm³/mol. The average molecular weight is 551 g/mol. The molecule has 4 heterocycles. The second-order valence-corrected chi connectivity index (χ2v) is 11.2. The van der Waals surface area contributed by atoms with Crippen LogP contribution in [0, 0.1) is 0 Å². The lowest BCUT2D eigenvalue weighted by Gasteiger charge is -2.05. The van der Waals surface area contributed by atoms with E-state index in [0.717, 1.165) is 82.6 Å². The van der Waals surface area contributed by atoms with Crippen molar-refractivity contribution in [1.29, 1.82) is 0 Å². The van der Waals surface area contributed by atoms with E-state index in [2.05, 4.69) is 126 Å². The van der Waals surface area contributed by atoms with Crippen molar-refractivity contribution in [3.63, 3.8) is 0 Å². The summed E-state index contributed by atoms with van der Waals surface area (Å²) < 4.78 is 15.1. The van der Waals surface area contributed by atoms with Crippen LogP contribution in [0.2, 0.25) is 0 Å². The number of para-hydroxylation sites is 2. The molecule has 43 heavy (non-hydrogen) atoms. The lowest BCUT2D eigenvalue weighted by molar-refractivity contribution is 0.669. The number of aromatic nitrogens is 2. The van der Waals surface area contributed by atoms with Crippen LogP contribution in [-0.4, -0.2) is 9.38 Å². The van der Waals surface area contributed by atoms with Crippen molar-refractivity contribution in [3.8, 4) is 22.3 Å². The zero-order valence-corrected chi connectivity index (χ0v) is 22.9. The Kier molecular flexibility index (Phi) is 4.42. The molecule has 0 atom stereocenters. The fraction of sp³-hybridized carbons (Fsp3) is 0. The largest absolute Gasteiger partial charge is 0.456 e. The number of hydrogen-bond acceptors (Lipinski definition) is 3. The first kappa shape index (κ1) is 22.8. The number of benzene rings is 6. The maximum absolute atomic E-state index is 6.59. The third kappa shape index (κ3) is 3.18. The Bertz CT molecular complexity index is 2730. The van der Waals surface area contributed by atoms with Gasteiger partial charge in [-0.3, -0.25) is 4.40 Å². The Hall–Kier alpha value is -5.87. The van der Waals surface area contributed by atoms with Crippen molar-refractivity contribution in [3.05, 3.63) is 133 Å². The predicted octanol–water partition coefficient (Wildman–Crippen LogP) is 10.8. The molecule has 4 nitrogen and oxygen atoms in total. The summed E-state index contributed by atoms with van der Waals surface area (Å²) in [6.07, 6.45) is 0. The fourth-order valence-electron chi connectivity index (χ4n) is 6.74. The molecule has 0 aliphatic carbocycles. The molecule has 0 aliphatic heterocycles. The number of hydrogen-bond donors (Lipinski definition) is 0. The van der Waals surface area contributed by atoms with E-state index >= 15 is 0 Å². The van der Waals surface area contributed by atoms with Gasteiger partial charge in [-0.1, -0.05) is 84.9 Å². The van der Waals surface area contributed by atoms with Crippen LogP contribution < -0.4 is 0 Å². The van der Waals surface area contributed by atoms with Gasteiger partial charge in [-0.25, -0.2) is 4.98 Å². The van der Waals surface area contributed by atoms with Crippen LogP contribution in [0.25, 0.3) is 93.7 Å². The molecule has 10 aromatic rings. The number of furan rings is 2. The molecule has 0 N–H and O–H groups in total. The normalized spacial score (nSPS) is 12.2. The molecule has 0 bridgehead atoms. The monoisotopic (exact) mass is 550 g/mol. The van der Waals surface area contributed by atoms with E-state index in [1.807, 2.05) is 12.1 Å². The topological polar surface area (TPSA) is 43.6 Å². The molecule has 0 fully saturated rings. The Labute approximate surface area is 245 Å². The molecule has 0 saturated heterocycles. The zero-order valence-electron chi connectivity index (χ0n) is 22.9. The highest BCUT2D eigenvalue weighted by Gasteiger charge is 2.20. The molecular weight excluding hydrogens is 528 g/mol. The fourth-order valence-corrected chi connectivity index (χ4v) is 6.74. The SMILES string of the molecule is c1ccc(-c2ccc3oc4ccc(-c5ccc6oc7c8ccccc8c8nc9ccccc9n8c7c6c5)cc4c3c2)cc1. The molecule has 0 radical (unpaired) electrons.